The molecule has 24 heavy (non-hydrogen) atoms. The smallest absolute Gasteiger partial charge is 0.243 e. The molecule has 0 aromatic heterocycles. The van der Waals surface area contributed by atoms with Crippen LogP contribution in [0.4, 0.5) is 11.4 Å². The van der Waals surface area contributed by atoms with Gasteiger partial charge in [0, 0.05) is 24.4 Å². The quantitative estimate of drug-likeness (QED) is 0.935. The standard InChI is InChI=1S/C18H18N2O4/c1-22-15-9-17-16(23-11-24-17)8-13(15)19-18(21)10-20-7-6-12-4-2-3-5-14(12)20/h2-5,8-9H,6-7,10-11H2,1H3,(H,19,21). The van der Waals surface area contributed by atoms with E-state index < -0.39 is 0 Å². The molecule has 0 saturated heterocycles. The van der Waals surface area contributed by atoms with Gasteiger partial charge in [0.2, 0.25) is 12.7 Å². The van der Waals surface area contributed by atoms with Crippen LogP contribution in [-0.4, -0.2) is 32.9 Å². The Kier molecular flexibility index (Phi) is 3.65. The molecule has 0 fully saturated rings. The van der Waals surface area contributed by atoms with Crippen LogP contribution in [0.2, 0.25) is 0 Å². The van der Waals surface area contributed by atoms with E-state index in [0.29, 0.717) is 29.5 Å². The molecule has 2 aliphatic rings. The molecule has 0 unspecified atom stereocenters. The van der Waals surface area contributed by atoms with Crippen LogP contribution in [0, 0.1) is 0 Å². The van der Waals surface area contributed by atoms with Gasteiger partial charge in [-0.2, -0.15) is 0 Å². The molecule has 2 heterocycles. The summed E-state index contributed by atoms with van der Waals surface area (Å²) in [4.78, 5) is 14.6. The molecule has 2 aromatic carbocycles. The minimum atomic E-state index is -0.0936. The van der Waals surface area contributed by atoms with Crippen molar-refractivity contribution < 1.29 is 19.0 Å². The number of nitrogens with zero attached hydrogens (tertiary/aromatic N) is 1. The van der Waals surface area contributed by atoms with Crippen LogP contribution in [0.25, 0.3) is 0 Å². The molecule has 2 aliphatic heterocycles. The van der Waals surface area contributed by atoms with Gasteiger partial charge < -0.3 is 24.4 Å². The van der Waals surface area contributed by atoms with Gasteiger partial charge in [0.25, 0.3) is 0 Å². The van der Waals surface area contributed by atoms with E-state index in [4.69, 9.17) is 14.2 Å². The van der Waals surface area contributed by atoms with Crippen molar-refractivity contribution in [2.45, 2.75) is 6.42 Å². The summed E-state index contributed by atoms with van der Waals surface area (Å²) in [5.74, 6) is 1.69. The zero-order valence-electron chi connectivity index (χ0n) is 13.4. The van der Waals surface area contributed by atoms with E-state index in [1.165, 1.54) is 5.56 Å². The van der Waals surface area contributed by atoms with Crippen LogP contribution >= 0.6 is 0 Å². The molecule has 6 nitrogen and oxygen atoms in total. The second kappa shape index (κ2) is 5.96. The van der Waals surface area contributed by atoms with Crippen molar-refractivity contribution in [3.8, 4) is 17.2 Å². The van der Waals surface area contributed by atoms with Crippen LogP contribution in [0.3, 0.4) is 0 Å². The number of benzene rings is 2. The van der Waals surface area contributed by atoms with Gasteiger partial charge in [-0.25, -0.2) is 0 Å². The van der Waals surface area contributed by atoms with E-state index >= 15 is 0 Å². The summed E-state index contributed by atoms with van der Waals surface area (Å²) in [6.45, 7) is 1.33. The van der Waals surface area contributed by atoms with E-state index in [1.807, 2.05) is 12.1 Å². The number of fused-ring (bicyclic) bond motifs is 2. The Morgan fingerprint density at radius 1 is 1.25 bits per heavy atom. The highest BCUT2D eigenvalue weighted by atomic mass is 16.7. The number of nitrogens with one attached hydrogen (secondary N) is 1. The monoisotopic (exact) mass is 326 g/mol. The van der Waals surface area contributed by atoms with E-state index in [9.17, 15) is 4.79 Å². The first-order valence-corrected chi connectivity index (χ1v) is 7.85. The number of para-hydroxylation sites is 1. The number of hydrogen-bond donors (Lipinski definition) is 1. The van der Waals surface area contributed by atoms with Crippen molar-refractivity contribution >= 4 is 17.3 Å². The Hall–Kier alpha value is -2.89. The van der Waals surface area contributed by atoms with Gasteiger partial charge >= 0.3 is 0 Å². The number of carbonyl (C=O) groups is 1. The molecule has 0 aliphatic carbocycles. The number of ether oxygens (including phenoxy) is 3. The number of amides is 1. The first-order chi connectivity index (χ1) is 11.7. The van der Waals surface area contributed by atoms with E-state index in [-0.39, 0.29) is 12.7 Å². The van der Waals surface area contributed by atoms with Crippen molar-refractivity contribution in [3.05, 3.63) is 42.0 Å². The van der Waals surface area contributed by atoms with E-state index in [0.717, 1.165) is 18.7 Å². The molecule has 4 rings (SSSR count). The number of methoxy groups -OCH3 is 1. The highest BCUT2D eigenvalue weighted by Gasteiger charge is 2.22. The summed E-state index contributed by atoms with van der Waals surface area (Å²) >= 11 is 0. The molecule has 0 saturated carbocycles. The Bertz CT molecular complexity index is 791. The molecule has 1 amide bonds. The zero-order chi connectivity index (χ0) is 16.5. The number of rotatable bonds is 4. The second-order valence-electron chi connectivity index (χ2n) is 5.75. The molecular formula is C18H18N2O4. The summed E-state index contributed by atoms with van der Waals surface area (Å²) in [5.41, 5.74) is 3.00. The van der Waals surface area contributed by atoms with Gasteiger partial charge in [-0.15, -0.1) is 0 Å². The maximum Gasteiger partial charge on any atom is 0.243 e. The van der Waals surface area contributed by atoms with Crippen molar-refractivity contribution in [2.24, 2.45) is 0 Å². The zero-order valence-corrected chi connectivity index (χ0v) is 13.4. The topological polar surface area (TPSA) is 60.0 Å². The lowest BCUT2D eigenvalue weighted by atomic mass is 10.2. The first kappa shape index (κ1) is 14.7. The fraction of sp³-hybridized carbons (Fsp3) is 0.278. The van der Waals surface area contributed by atoms with Gasteiger partial charge in [-0.05, 0) is 18.1 Å². The van der Waals surface area contributed by atoms with Gasteiger partial charge in [0.15, 0.2) is 11.5 Å². The largest absolute Gasteiger partial charge is 0.494 e. The third kappa shape index (κ3) is 2.60. The molecule has 0 radical (unpaired) electrons. The summed E-state index contributed by atoms with van der Waals surface area (Å²) in [5, 5.41) is 2.91. The van der Waals surface area contributed by atoms with Crippen LogP contribution in [0.15, 0.2) is 36.4 Å². The van der Waals surface area contributed by atoms with Gasteiger partial charge in [0.1, 0.15) is 5.75 Å². The van der Waals surface area contributed by atoms with Crippen molar-refractivity contribution in [3.63, 3.8) is 0 Å². The predicted molar refractivity (Wildman–Crippen MR) is 90.1 cm³/mol. The predicted octanol–water partition coefficient (Wildman–Crippen LogP) is 2.43. The number of carbonyl (C=O) groups excluding carboxylic acids is 1. The lowest BCUT2D eigenvalue weighted by Gasteiger charge is -2.19. The molecule has 0 spiro atoms. The maximum atomic E-state index is 12.5. The van der Waals surface area contributed by atoms with Crippen LogP contribution in [0.1, 0.15) is 5.56 Å². The van der Waals surface area contributed by atoms with Crippen LogP contribution < -0.4 is 24.4 Å². The van der Waals surface area contributed by atoms with Gasteiger partial charge in [-0.3, -0.25) is 4.79 Å². The number of anilines is 2. The summed E-state index contributed by atoms with van der Waals surface area (Å²) in [6, 6.07) is 11.6. The molecule has 124 valence electrons. The van der Waals surface area contributed by atoms with Crippen LogP contribution in [0.5, 0.6) is 17.2 Å². The highest BCUT2D eigenvalue weighted by molar-refractivity contribution is 5.96. The average molecular weight is 326 g/mol. The Labute approximate surface area is 139 Å². The van der Waals surface area contributed by atoms with Gasteiger partial charge in [0.05, 0.1) is 19.3 Å². The molecule has 6 heteroatoms. The Morgan fingerprint density at radius 3 is 2.88 bits per heavy atom. The third-order valence-electron chi connectivity index (χ3n) is 4.29. The first-order valence-electron chi connectivity index (χ1n) is 7.85. The summed E-state index contributed by atoms with van der Waals surface area (Å²) in [6.07, 6.45) is 0.969. The fourth-order valence-electron chi connectivity index (χ4n) is 3.12. The number of hydrogen-bond acceptors (Lipinski definition) is 5. The summed E-state index contributed by atoms with van der Waals surface area (Å²) < 4.78 is 16.0. The van der Waals surface area contributed by atoms with Crippen molar-refractivity contribution in [1.82, 2.24) is 0 Å². The summed E-state index contributed by atoms with van der Waals surface area (Å²) in [7, 11) is 1.56. The minimum Gasteiger partial charge on any atom is -0.494 e. The normalized spacial score (nSPS) is 14.5. The fourth-order valence-corrected chi connectivity index (χ4v) is 3.12. The van der Waals surface area contributed by atoms with Crippen molar-refractivity contribution in [1.29, 1.82) is 0 Å². The SMILES string of the molecule is COc1cc2c(cc1NC(=O)CN1CCc3ccccc31)OCO2. The highest BCUT2D eigenvalue weighted by Crippen LogP contribution is 2.40. The molecule has 1 N–H and O–H groups in total. The lowest BCUT2D eigenvalue weighted by molar-refractivity contribution is -0.115. The third-order valence-corrected chi connectivity index (χ3v) is 4.29. The molecule has 0 atom stereocenters. The van der Waals surface area contributed by atoms with Gasteiger partial charge in [-0.1, -0.05) is 18.2 Å². The minimum absolute atomic E-state index is 0.0936. The maximum absolute atomic E-state index is 12.5. The lowest BCUT2D eigenvalue weighted by Crippen LogP contribution is -2.31. The Balaban J connectivity index is 1.49. The Morgan fingerprint density at radius 2 is 2.04 bits per heavy atom. The molecule has 0 bridgehead atoms. The molecule has 2 aromatic rings. The van der Waals surface area contributed by atoms with E-state index in [2.05, 4.69) is 22.3 Å². The van der Waals surface area contributed by atoms with Crippen molar-refractivity contribution in [2.75, 3.05) is 37.2 Å². The second-order valence-corrected chi connectivity index (χ2v) is 5.75. The van der Waals surface area contributed by atoms with E-state index in [1.54, 1.807) is 19.2 Å². The van der Waals surface area contributed by atoms with Crippen LogP contribution in [-0.2, 0) is 11.2 Å². The average Bonchev–Trinajstić information content (AvgIpc) is 3.21. The molecular weight excluding hydrogens is 308 g/mol.